The molecule has 5 nitrogen and oxygen atoms in total. The maximum Gasteiger partial charge on any atom is 0.347 e. The molecule has 1 aromatic heterocycles. The normalized spacial score (nSPS) is 11.0. The lowest BCUT2D eigenvalue weighted by atomic mass is 10.2. The van der Waals surface area contributed by atoms with Crippen LogP contribution in [0.15, 0.2) is 22.8 Å². The average molecular weight is 370 g/mol. The number of ether oxygens (including phenoxy) is 1. The van der Waals surface area contributed by atoms with Gasteiger partial charge in [-0.1, -0.05) is 6.08 Å². The highest BCUT2D eigenvalue weighted by molar-refractivity contribution is 9.10. The van der Waals surface area contributed by atoms with Crippen molar-refractivity contribution in [1.82, 2.24) is 4.98 Å². The molecule has 0 amide bonds. The molecule has 2 aromatic rings. The summed E-state index contributed by atoms with van der Waals surface area (Å²) in [5, 5.41) is 19.3. The number of benzene rings is 1. The van der Waals surface area contributed by atoms with Crippen LogP contribution in [0.25, 0.3) is 12.2 Å². The molecule has 1 aromatic carbocycles. The van der Waals surface area contributed by atoms with Crippen LogP contribution in [-0.2, 0) is 0 Å². The van der Waals surface area contributed by atoms with Gasteiger partial charge in [0.05, 0.1) is 17.3 Å². The molecule has 0 aliphatic heterocycles. The van der Waals surface area contributed by atoms with Crippen LogP contribution in [0.1, 0.15) is 27.2 Å². The van der Waals surface area contributed by atoms with E-state index < -0.39 is 5.97 Å². The van der Waals surface area contributed by atoms with Gasteiger partial charge in [0.1, 0.15) is 9.88 Å². The van der Waals surface area contributed by atoms with Gasteiger partial charge in [0.25, 0.3) is 0 Å². The zero-order chi connectivity index (χ0) is 15.4. The highest BCUT2D eigenvalue weighted by Crippen LogP contribution is 2.36. The first-order chi connectivity index (χ1) is 10.0. The largest absolute Gasteiger partial charge is 0.503 e. The van der Waals surface area contributed by atoms with Crippen LogP contribution >= 0.6 is 27.3 Å². The molecule has 0 atom stereocenters. The molecule has 2 rings (SSSR count). The number of carboxylic acids is 1. The fourth-order valence-corrected chi connectivity index (χ4v) is 2.71. The van der Waals surface area contributed by atoms with E-state index in [2.05, 4.69) is 20.9 Å². The Morgan fingerprint density at radius 2 is 2.24 bits per heavy atom. The Balaban J connectivity index is 2.25. The summed E-state index contributed by atoms with van der Waals surface area (Å²) in [7, 11) is 0. The third-order valence-corrected chi connectivity index (χ3v) is 4.06. The fourth-order valence-electron chi connectivity index (χ4n) is 1.59. The number of nitrogens with zero attached hydrogens (tertiary/aromatic N) is 1. The third-order valence-electron chi connectivity index (χ3n) is 2.50. The van der Waals surface area contributed by atoms with Crippen molar-refractivity contribution in [2.24, 2.45) is 0 Å². The van der Waals surface area contributed by atoms with Crippen molar-refractivity contribution < 1.29 is 19.7 Å². The number of aromatic carboxylic acids is 1. The molecule has 110 valence electrons. The number of halogens is 1. The van der Waals surface area contributed by atoms with E-state index in [1.807, 2.05) is 6.92 Å². The van der Waals surface area contributed by atoms with Crippen LogP contribution in [0.2, 0.25) is 0 Å². The lowest BCUT2D eigenvalue weighted by molar-refractivity contribution is 0.0702. The van der Waals surface area contributed by atoms with Crippen LogP contribution in [-0.4, -0.2) is 27.8 Å². The van der Waals surface area contributed by atoms with Crippen LogP contribution in [0, 0.1) is 0 Å². The molecule has 0 radical (unpaired) electrons. The van der Waals surface area contributed by atoms with E-state index in [0.717, 1.165) is 16.9 Å². The van der Waals surface area contributed by atoms with Gasteiger partial charge in [0.15, 0.2) is 11.5 Å². The van der Waals surface area contributed by atoms with E-state index in [-0.39, 0.29) is 10.6 Å². The molecule has 0 bridgehead atoms. The zero-order valence-electron chi connectivity index (χ0n) is 11.0. The number of hydrogen-bond donors (Lipinski definition) is 2. The van der Waals surface area contributed by atoms with E-state index in [1.165, 1.54) is 6.20 Å². The number of aromatic nitrogens is 1. The number of hydrogen-bond acceptors (Lipinski definition) is 5. The van der Waals surface area contributed by atoms with Crippen molar-refractivity contribution in [3.63, 3.8) is 0 Å². The summed E-state index contributed by atoms with van der Waals surface area (Å²) in [4.78, 5) is 15.0. The van der Waals surface area contributed by atoms with Gasteiger partial charge in [-0.2, -0.15) is 0 Å². The van der Waals surface area contributed by atoms with E-state index in [1.54, 1.807) is 24.3 Å². The molecule has 1 heterocycles. The fraction of sp³-hybridized carbons (Fsp3) is 0.143. The maximum atomic E-state index is 10.8. The summed E-state index contributed by atoms with van der Waals surface area (Å²) in [5.41, 5.74) is 0.801. The van der Waals surface area contributed by atoms with E-state index in [4.69, 9.17) is 9.84 Å². The van der Waals surface area contributed by atoms with E-state index in [9.17, 15) is 9.90 Å². The molecule has 0 saturated carbocycles. The smallest absolute Gasteiger partial charge is 0.347 e. The molecule has 0 aliphatic rings. The number of rotatable bonds is 5. The van der Waals surface area contributed by atoms with Crippen molar-refractivity contribution in [2.45, 2.75) is 6.92 Å². The zero-order valence-corrected chi connectivity index (χ0v) is 13.4. The Morgan fingerprint density at radius 3 is 2.86 bits per heavy atom. The topological polar surface area (TPSA) is 79.7 Å². The second-order valence-corrected chi connectivity index (χ2v) is 5.90. The number of carbonyl (C=O) groups is 1. The molecule has 0 unspecified atom stereocenters. The molecular formula is C14H12BrNO4S. The highest BCUT2D eigenvalue weighted by Gasteiger charge is 2.09. The molecule has 7 heteroatoms. The summed E-state index contributed by atoms with van der Waals surface area (Å²) in [6.45, 7) is 2.28. The van der Waals surface area contributed by atoms with Crippen LogP contribution in [0.4, 0.5) is 0 Å². The van der Waals surface area contributed by atoms with E-state index >= 15 is 0 Å². The second kappa shape index (κ2) is 6.73. The van der Waals surface area contributed by atoms with Gasteiger partial charge in [0, 0.05) is 0 Å². The van der Waals surface area contributed by atoms with Gasteiger partial charge in [-0.3, -0.25) is 0 Å². The van der Waals surface area contributed by atoms with Crippen LogP contribution in [0.3, 0.4) is 0 Å². The minimum atomic E-state index is -0.988. The summed E-state index contributed by atoms with van der Waals surface area (Å²) < 4.78 is 5.87. The van der Waals surface area contributed by atoms with Crippen LogP contribution < -0.4 is 4.74 Å². The Hall–Kier alpha value is -1.86. The third kappa shape index (κ3) is 3.83. The van der Waals surface area contributed by atoms with Gasteiger partial charge >= 0.3 is 5.97 Å². The highest BCUT2D eigenvalue weighted by atomic mass is 79.9. The van der Waals surface area contributed by atoms with Crippen molar-refractivity contribution in [3.8, 4) is 11.5 Å². The SMILES string of the molecule is CCOc1cc(/C=C\c2ncc(C(=O)O)s2)cc(Br)c1O. The van der Waals surface area contributed by atoms with Crippen molar-refractivity contribution in [3.05, 3.63) is 38.3 Å². The maximum absolute atomic E-state index is 10.8. The summed E-state index contributed by atoms with van der Waals surface area (Å²) >= 11 is 4.35. The van der Waals surface area contributed by atoms with Crippen molar-refractivity contribution in [1.29, 1.82) is 0 Å². The lowest BCUT2D eigenvalue weighted by Gasteiger charge is -2.08. The number of carboxylic acid groups (broad SMARTS) is 1. The Morgan fingerprint density at radius 1 is 1.48 bits per heavy atom. The van der Waals surface area contributed by atoms with Gasteiger partial charge in [-0.15, -0.1) is 11.3 Å². The molecular weight excluding hydrogens is 358 g/mol. The summed E-state index contributed by atoms with van der Waals surface area (Å²) in [5.74, 6) is -0.550. The number of phenolic OH excluding ortho intramolecular Hbond substituents is 1. The average Bonchev–Trinajstić information content (AvgIpc) is 2.91. The van der Waals surface area contributed by atoms with Crippen molar-refractivity contribution in [2.75, 3.05) is 6.61 Å². The summed E-state index contributed by atoms with van der Waals surface area (Å²) in [6, 6.07) is 3.44. The molecule has 0 saturated heterocycles. The Labute approximate surface area is 133 Å². The van der Waals surface area contributed by atoms with Gasteiger partial charge in [-0.05, 0) is 46.6 Å². The second-order valence-electron chi connectivity index (χ2n) is 3.98. The first-order valence-corrected chi connectivity index (χ1v) is 7.64. The summed E-state index contributed by atoms with van der Waals surface area (Å²) in [6.07, 6.45) is 4.81. The van der Waals surface area contributed by atoms with Crippen LogP contribution in [0.5, 0.6) is 11.5 Å². The molecule has 2 N–H and O–H groups in total. The predicted molar refractivity (Wildman–Crippen MR) is 85.0 cm³/mol. The molecule has 0 spiro atoms. The first kappa shape index (κ1) is 15.5. The number of aromatic hydroxyl groups is 1. The van der Waals surface area contributed by atoms with Gasteiger partial charge in [-0.25, -0.2) is 9.78 Å². The minimum absolute atomic E-state index is 0.0522. The van der Waals surface area contributed by atoms with E-state index in [0.29, 0.717) is 21.8 Å². The minimum Gasteiger partial charge on any atom is -0.503 e. The number of phenols is 1. The van der Waals surface area contributed by atoms with Crippen molar-refractivity contribution >= 4 is 45.4 Å². The lowest BCUT2D eigenvalue weighted by Crippen LogP contribution is -1.92. The Kier molecular flexibility index (Phi) is 4.98. The predicted octanol–water partition coefficient (Wildman–Crippen LogP) is 3.88. The molecule has 0 fully saturated rings. The quantitative estimate of drug-likeness (QED) is 0.835. The number of thiazole rings is 1. The molecule has 21 heavy (non-hydrogen) atoms. The molecule has 0 aliphatic carbocycles. The van der Waals surface area contributed by atoms with Gasteiger partial charge < -0.3 is 14.9 Å². The first-order valence-electron chi connectivity index (χ1n) is 6.03. The monoisotopic (exact) mass is 369 g/mol. The standard InChI is InChI=1S/C14H12BrNO4S/c1-2-20-10-6-8(5-9(15)13(10)17)3-4-12-16-7-11(21-12)14(18)19/h3-7,17H,2H2,1H3,(H,18,19)/b4-3-. The van der Waals surface area contributed by atoms with Gasteiger partial charge in [0.2, 0.25) is 0 Å². The Bertz CT molecular complexity index is 696.